The Hall–Kier alpha value is -0.900. The van der Waals surface area contributed by atoms with Crippen molar-refractivity contribution in [3.05, 3.63) is 0 Å². The summed E-state index contributed by atoms with van der Waals surface area (Å²) in [4.78, 5) is 24.1. The van der Waals surface area contributed by atoms with Crippen molar-refractivity contribution >= 4 is 11.8 Å². The van der Waals surface area contributed by atoms with E-state index in [1.165, 1.54) is 6.92 Å². The average Bonchev–Trinajstić information content (AvgIpc) is 2.06. The van der Waals surface area contributed by atoms with Crippen LogP contribution in [0, 0.1) is 0 Å². The van der Waals surface area contributed by atoms with Crippen LogP contribution in [-0.4, -0.2) is 41.9 Å². The summed E-state index contributed by atoms with van der Waals surface area (Å²) in [6, 6.07) is 0.511. The van der Waals surface area contributed by atoms with Crippen LogP contribution >= 0.6 is 0 Å². The van der Waals surface area contributed by atoms with Crippen molar-refractivity contribution in [2.45, 2.75) is 45.8 Å². The number of likely N-dealkylation sites (tertiary alicyclic amines) is 1. The smallest absolute Gasteiger partial charge is 0.306 e. The predicted octanol–water partition coefficient (Wildman–Crippen LogP) is 0.991. The van der Waals surface area contributed by atoms with Crippen molar-refractivity contribution in [2.75, 3.05) is 13.1 Å². The SMILES string of the molecule is CC(=O)CCC(=O)OC1CN(C(C)C)C1. The van der Waals surface area contributed by atoms with E-state index in [9.17, 15) is 9.59 Å². The van der Waals surface area contributed by atoms with Gasteiger partial charge in [-0.05, 0) is 20.8 Å². The molecule has 0 saturated carbocycles. The summed E-state index contributed by atoms with van der Waals surface area (Å²) in [6.07, 6.45) is 0.541. The molecule has 0 aromatic carbocycles. The lowest BCUT2D eigenvalue weighted by atomic mass is 10.1. The van der Waals surface area contributed by atoms with E-state index in [-0.39, 0.29) is 24.3 Å². The first-order valence-corrected chi connectivity index (χ1v) is 5.42. The van der Waals surface area contributed by atoms with Crippen LogP contribution in [0.5, 0.6) is 0 Å². The fraction of sp³-hybridized carbons (Fsp3) is 0.818. The normalized spacial score (nSPS) is 17.6. The van der Waals surface area contributed by atoms with Gasteiger partial charge in [0.2, 0.25) is 0 Å². The van der Waals surface area contributed by atoms with Gasteiger partial charge < -0.3 is 9.53 Å². The van der Waals surface area contributed by atoms with E-state index < -0.39 is 0 Å². The summed E-state index contributed by atoms with van der Waals surface area (Å²) in [5, 5.41) is 0. The Morgan fingerprint density at radius 2 is 1.93 bits per heavy atom. The van der Waals surface area contributed by atoms with E-state index in [0.29, 0.717) is 12.5 Å². The monoisotopic (exact) mass is 213 g/mol. The Kier molecular flexibility index (Phi) is 4.27. The van der Waals surface area contributed by atoms with Gasteiger partial charge in [0.15, 0.2) is 0 Å². The molecule has 15 heavy (non-hydrogen) atoms. The lowest BCUT2D eigenvalue weighted by molar-refractivity contribution is -0.159. The molecule has 0 amide bonds. The molecule has 4 heteroatoms. The van der Waals surface area contributed by atoms with Gasteiger partial charge >= 0.3 is 5.97 Å². The Bertz CT molecular complexity index is 244. The summed E-state index contributed by atoms with van der Waals surface area (Å²) in [5.41, 5.74) is 0. The minimum absolute atomic E-state index is 0.0318. The fourth-order valence-corrected chi connectivity index (χ4v) is 1.49. The second-order valence-electron chi connectivity index (χ2n) is 4.36. The first-order valence-electron chi connectivity index (χ1n) is 5.42. The lowest BCUT2D eigenvalue weighted by Gasteiger charge is -2.41. The maximum Gasteiger partial charge on any atom is 0.306 e. The molecule has 1 rings (SSSR count). The molecular formula is C11H19NO3. The highest BCUT2D eigenvalue weighted by atomic mass is 16.5. The van der Waals surface area contributed by atoms with Crippen molar-refractivity contribution in [3.8, 4) is 0 Å². The molecule has 1 heterocycles. The summed E-state index contributed by atoms with van der Waals surface area (Å²) in [5.74, 6) is -0.219. The van der Waals surface area contributed by atoms with E-state index >= 15 is 0 Å². The molecule has 0 N–H and O–H groups in total. The van der Waals surface area contributed by atoms with Crippen LogP contribution in [0.1, 0.15) is 33.6 Å². The molecule has 1 fully saturated rings. The minimum atomic E-state index is -0.251. The Labute approximate surface area is 90.6 Å². The number of ether oxygens (including phenoxy) is 1. The molecule has 1 aliphatic heterocycles. The maximum atomic E-state index is 11.2. The molecule has 0 radical (unpaired) electrons. The number of hydrogen-bond donors (Lipinski definition) is 0. The number of nitrogens with zero attached hydrogens (tertiary/aromatic N) is 1. The van der Waals surface area contributed by atoms with Crippen molar-refractivity contribution in [1.29, 1.82) is 0 Å². The average molecular weight is 213 g/mol. The Morgan fingerprint density at radius 1 is 1.33 bits per heavy atom. The summed E-state index contributed by atoms with van der Waals surface area (Å²) >= 11 is 0. The van der Waals surface area contributed by atoms with Gasteiger partial charge in [0.25, 0.3) is 0 Å². The number of ketones is 1. The van der Waals surface area contributed by atoms with E-state index in [0.717, 1.165) is 13.1 Å². The van der Waals surface area contributed by atoms with Crippen LogP contribution in [0.3, 0.4) is 0 Å². The highest BCUT2D eigenvalue weighted by Crippen LogP contribution is 2.15. The van der Waals surface area contributed by atoms with E-state index in [2.05, 4.69) is 18.7 Å². The van der Waals surface area contributed by atoms with E-state index in [1.807, 2.05) is 0 Å². The van der Waals surface area contributed by atoms with Crippen LogP contribution in [-0.2, 0) is 14.3 Å². The predicted molar refractivity (Wildman–Crippen MR) is 56.5 cm³/mol. The molecule has 86 valence electrons. The van der Waals surface area contributed by atoms with Crippen LogP contribution in [0.2, 0.25) is 0 Å². The third-order valence-electron chi connectivity index (χ3n) is 2.59. The highest BCUT2D eigenvalue weighted by molar-refractivity contribution is 5.81. The fourth-order valence-electron chi connectivity index (χ4n) is 1.49. The van der Waals surface area contributed by atoms with Crippen LogP contribution < -0.4 is 0 Å². The maximum absolute atomic E-state index is 11.2. The topological polar surface area (TPSA) is 46.6 Å². The highest BCUT2D eigenvalue weighted by Gasteiger charge is 2.31. The van der Waals surface area contributed by atoms with Crippen molar-refractivity contribution in [1.82, 2.24) is 4.90 Å². The largest absolute Gasteiger partial charge is 0.460 e. The van der Waals surface area contributed by atoms with Gasteiger partial charge in [0, 0.05) is 25.6 Å². The van der Waals surface area contributed by atoms with Crippen molar-refractivity contribution < 1.29 is 14.3 Å². The third-order valence-corrected chi connectivity index (χ3v) is 2.59. The first kappa shape index (κ1) is 12.2. The summed E-state index contributed by atoms with van der Waals surface area (Å²) in [7, 11) is 0. The lowest BCUT2D eigenvalue weighted by Crippen LogP contribution is -2.55. The molecular weight excluding hydrogens is 194 g/mol. The number of carbonyl (C=O) groups is 2. The van der Waals surface area contributed by atoms with Crippen LogP contribution in [0.15, 0.2) is 0 Å². The van der Waals surface area contributed by atoms with E-state index in [4.69, 9.17) is 4.74 Å². The van der Waals surface area contributed by atoms with Gasteiger partial charge in [-0.3, -0.25) is 9.69 Å². The van der Waals surface area contributed by atoms with Crippen LogP contribution in [0.4, 0.5) is 0 Å². The Morgan fingerprint density at radius 3 is 2.40 bits per heavy atom. The molecule has 0 aromatic rings. The van der Waals surface area contributed by atoms with Gasteiger partial charge in [-0.1, -0.05) is 0 Å². The molecule has 0 spiro atoms. The third kappa shape index (κ3) is 4.00. The van der Waals surface area contributed by atoms with Crippen LogP contribution in [0.25, 0.3) is 0 Å². The number of Topliss-reactive ketones (excluding diaryl/α,β-unsaturated/α-hetero) is 1. The quantitative estimate of drug-likeness (QED) is 0.639. The first-order chi connectivity index (χ1) is 6.99. The molecule has 0 unspecified atom stereocenters. The van der Waals surface area contributed by atoms with Gasteiger partial charge in [-0.25, -0.2) is 0 Å². The molecule has 0 atom stereocenters. The van der Waals surface area contributed by atoms with Gasteiger partial charge in [-0.2, -0.15) is 0 Å². The van der Waals surface area contributed by atoms with Crippen molar-refractivity contribution in [2.24, 2.45) is 0 Å². The molecule has 1 aliphatic rings. The number of rotatable bonds is 5. The molecule has 4 nitrogen and oxygen atoms in total. The molecule has 0 bridgehead atoms. The zero-order valence-electron chi connectivity index (χ0n) is 9.66. The van der Waals surface area contributed by atoms with Crippen molar-refractivity contribution in [3.63, 3.8) is 0 Å². The van der Waals surface area contributed by atoms with Gasteiger partial charge in [-0.15, -0.1) is 0 Å². The Balaban J connectivity index is 2.11. The minimum Gasteiger partial charge on any atom is -0.460 e. The van der Waals surface area contributed by atoms with Gasteiger partial charge in [0.1, 0.15) is 11.9 Å². The molecule has 1 saturated heterocycles. The standard InChI is InChI=1S/C11H19NO3/c1-8(2)12-6-10(7-12)15-11(14)5-4-9(3)13/h8,10H,4-7H2,1-3H3. The van der Waals surface area contributed by atoms with E-state index in [1.54, 1.807) is 0 Å². The zero-order valence-corrected chi connectivity index (χ0v) is 9.66. The molecule has 0 aliphatic carbocycles. The summed E-state index contributed by atoms with van der Waals surface area (Å²) in [6.45, 7) is 7.37. The van der Waals surface area contributed by atoms with Gasteiger partial charge in [0.05, 0.1) is 6.42 Å². The second-order valence-corrected chi connectivity index (χ2v) is 4.36. The number of esters is 1. The second kappa shape index (κ2) is 5.26. The molecule has 0 aromatic heterocycles. The summed E-state index contributed by atoms with van der Waals surface area (Å²) < 4.78 is 5.18. The number of carbonyl (C=O) groups excluding carboxylic acids is 2. The zero-order chi connectivity index (χ0) is 11.4. The number of hydrogen-bond acceptors (Lipinski definition) is 4.